The summed E-state index contributed by atoms with van der Waals surface area (Å²) in [5, 5.41) is 0.650. The van der Waals surface area contributed by atoms with E-state index in [1.165, 1.54) is 0 Å². The molecule has 0 radical (unpaired) electrons. The van der Waals surface area contributed by atoms with Gasteiger partial charge in [-0.3, -0.25) is 0 Å². The van der Waals surface area contributed by atoms with E-state index in [0.717, 1.165) is 11.1 Å². The van der Waals surface area contributed by atoms with Crippen LogP contribution >= 0.6 is 11.6 Å². The smallest absolute Gasteiger partial charge is 0.240 e. The molecule has 0 amide bonds. The van der Waals surface area contributed by atoms with Crippen LogP contribution in [0.4, 0.5) is 0 Å². The van der Waals surface area contributed by atoms with E-state index in [4.69, 9.17) is 22.1 Å². The van der Waals surface area contributed by atoms with E-state index in [9.17, 15) is 0 Å². The van der Waals surface area contributed by atoms with Gasteiger partial charge >= 0.3 is 0 Å². The number of rotatable bonds is 3. The largest absolute Gasteiger partial charge is 0.479 e. The van der Waals surface area contributed by atoms with Gasteiger partial charge in [-0.15, -0.1) is 0 Å². The van der Waals surface area contributed by atoms with Gasteiger partial charge in [0.15, 0.2) is 0 Å². The molecule has 2 N–H and O–H groups in total. The molecule has 2 rings (SSSR count). The molecule has 0 bridgehead atoms. The second kappa shape index (κ2) is 5.12. The highest BCUT2D eigenvalue weighted by Gasteiger charge is 2.12. The molecule has 0 fully saturated rings. The molecule has 0 aliphatic carbocycles. The number of hydrogen-bond acceptors (Lipinski definition) is 4. The van der Waals surface area contributed by atoms with Gasteiger partial charge in [-0.05, 0) is 17.7 Å². The Labute approximate surface area is 104 Å². The number of nitrogens with two attached hydrogens (primary N) is 1. The molecule has 5 heteroatoms. The number of halogens is 1. The van der Waals surface area contributed by atoms with Gasteiger partial charge in [-0.25, -0.2) is 9.97 Å². The topological polar surface area (TPSA) is 61.0 Å². The number of aromatic nitrogens is 2. The average molecular weight is 250 g/mol. The first-order valence-corrected chi connectivity index (χ1v) is 5.48. The van der Waals surface area contributed by atoms with Crippen LogP contribution in [0.2, 0.25) is 5.02 Å². The molecule has 88 valence electrons. The van der Waals surface area contributed by atoms with Gasteiger partial charge in [0.1, 0.15) is 5.69 Å². The summed E-state index contributed by atoms with van der Waals surface area (Å²) in [6, 6.07) is 5.49. The van der Waals surface area contributed by atoms with Crippen LogP contribution in [-0.2, 0) is 6.54 Å². The van der Waals surface area contributed by atoms with E-state index >= 15 is 0 Å². The minimum atomic E-state index is 0.385. The molecule has 4 nitrogen and oxygen atoms in total. The summed E-state index contributed by atoms with van der Waals surface area (Å²) in [5.74, 6) is 0.476. The van der Waals surface area contributed by atoms with Crippen molar-refractivity contribution in [1.82, 2.24) is 9.97 Å². The zero-order valence-corrected chi connectivity index (χ0v) is 10.1. The molecular weight excluding hydrogens is 238 g/mol. The quantitative estimate of drug-likeness (QED) is 0.907. The first-order valence-electron chi connectivity index (χ1n) is 5.10. The second-order valence-corrected chi connectivity index (χ2v) is 3.86. The van der Waals surface area contributed by atoms with Crippen molar-refractivity contribution in [3.8, 4) is 17.1 Å². The van der Waals surface area contributed by atoms with Gasteiger partial charge < -0.3 is 10.5 Å². The Hall–Kier alpha value is -1.65. The van der Waals surface area contributed by atoms with Crippen LogP contribution in [0.15, 0.2) is 30.6 Å². The van der Waals surface area contributed by atoms with Crippen molar-refractivity contribution >= 4 is 11.6 Å². The molecular formula is C12H12ClN3O. The summed E-state index contributed by atoms with van der Waals surface area (Å²) in [6.07, 6.45) is 3.20. The van der Waals surface area contributed by atoms with Gasteiger partial charge in [-0.1, -0.05) is 17.7 Å². The zero-order valence-electron chi connectivity index (χ0n) is 9.35. The second-order valence-electron chi connectivity index (χ2n) is 3.42. The molecule has 0 saturated carbocycles. The number of methoxy groups -OCH3 is 1. The van der Waals surface area contributed by atoms with Gasteiger partial charge in [-0.2, -0.15) is 0 Å². The highest BCUT2D eigenvalue weighted by molar-refractivity contribution is 6.30. The van der Waals surface area contributed by atoms with E-state index in [-0.39, 0.29) is 0 Å². The normalized spacial score (nSPS) is 10.3. The van der Waals surface area contributed by atoms with Crippen LogP contribution < -0.4 is 10.5 Å². The first kappa shape index (κ1) is 11.8. The lowest BCUT2D eigenvalue weighted by atomic mass is 10.0. The minimum Gasteiger partial charge on any atom is -0.479 e. The predicted octanol–water partition coefficient (Wildman–Crippen LogP) is 2.26. The number of hydrogen-bond donors (Lipinski definition) is 1. The monoisotopic (exact) mass is 249 g/mol. The molecule has 1 aromatic heterocycles. The van der Waals surface area contributed by atoms with Crippen molar-refractivity contribution in [2.75, 3.05) is 7.11 Å². The van der Waals surface area contributed by atoms with E-state index in [2.05, 4.69) is 9.97 Å². The third-order valence-electron chi connectivity index (χ3n) is 2.40. The van der Waals surface area contributed by atoms with Gasteiger partial charge in [0.25, 0.3) is 0 Å². The van der Waals surface area contributed by atoms with Crippen LogP contribution in [0.25, 0.3) is 11.3 Å². The van der Waals surface area contributed by atoms with Crippen molar-refractivity contribution in [1.29, 1.82) is 0 Å². The lowest BCUT2D eigenvalue weighted by molar-refractivity contribution is 0.397. The maximum absolute atomic E-state index is 5.93. The summed E-state index contributed by atoms with van der Waals surface area (Å²) in [5.41, 5.74) is 8.18. The molecule has 0 unspecified atom stereocenters. The molecule has 0 aliphatic rings. The number of nitrogens with zero attached hydrogens (tertiary/aromatic N) is 2. The van der Waals surface area contributed by atoms with Crippen molar-refractivity contribution in [2.45, 2.75) is 6.54 Å². The lowest BCUT2D eigenvalue weighted by Crippen LogP contribution is -2.01. The van der Waals surface area contributed by atoms with Crippen molar-refractivity contribution in [2.24, 2.45) is 5.73 Å². The number of ether oxygens (including phenoxy) is 1. The fourth-order valence-electron chi connectivity index (χ4n) is 1.62. The van der Waals surface area contributed by atoms with Crippen LogP contribution in [0, 0.1) is 0 Å². The maximum atomic E-state index is 5.93. The summed E-state index contributed by atoms with van der Waals surface area (Å²) in [7, 11) is 1.56. The van der Waals surface area contributed by atoms with Crippen LogP contribution in [0.1, 0.15) is 5.56 Å². The average Bonchev–Trinajstić information content (AvgIpc) is 2.38. The van der Waals surface area contributed by atoms with E-state index in [0.29, 0.717) is 23.1 Å². The lowest BCUT2D eigenvalue weighted by Gasteiger charge is -2.10. The Morgan fingerprint density at radius 1 is 1.29 bits per heavy atom. The Morgan fingerprint density at radius 3 is 2.76 bits per heavy atom. The molecule has 1 heterocycles. The third-order valence-corrected chi connectivity index (χ3v) is 2.64. The SMILES string of the molecule is COc1nccnc1-c1ccc(Cl)cc1CN. The summed E-state index contributed by atoms with van der Waals surface area (Å²) < 4.78 is 5.18. The molecule has 0 aliphatic heterocycles. The summed E-state index contributed by atoms with van der Waals surface area (Å²) in [4.78, 5) is 8.38. The first-order chi connectivity index (χ1) is 8.26. The Bertz CT molecular complexity index is 531. The van der Waals surface area contributed by atoms with Crippen LogP contribution in [0.3, 0.4) is 0 Å². The molecule has 2 aromatic rings. The summed E-state index contributed by atoms with van der Waals surface area (Å²) >= 11 is 5.93. The highest BCUT2D eigenvalue weighted by atomic mass is 35.5. The van der Waals surface area contributed by atoms with Crippen molar-refractivity contribution in [3.05, 3.63) is 41.2 Å². The Kier molecular flexibility index (Phi) is 3.56. The molecule has 17 heavy (non-hydrogen) atoms. The highest BCUT2D eigenvalue weighted by Crippen LogP contribution is 2.29. The standard InChI is InChI=1S/C12H12ClN3O/c1-17-12-11(15-4-5-16-12)10-3-2-9(13)6-8(10)7-14/h2-6H,7,14H2,1H3. The maximum Gasteiger partial charge on any atom is 0.240 e. The Balaban J connectivity index is 2.59. The predicted molar refractivity (Wildman–Crippen MR) is 66.9 cm³/mol. The minimum absolute atomic E-state index is 0.385. The Morgan fingerprint density at radius 2 is 2.06 bits per heavy atom. The fourth-order valence-corrected chi connectivity index (χ4v) is 1.82. The molecule has 1 aromatic carbocycles. The van der Waals surface area contributed by atoms with E-state index in [1.807, 2.05) is 12.1 Å². The van der Waals surface area contributed by atoms with Crippen LogP contribution in [-0.4, -0.2) is 17.1 Å². The third kappa shape index (κ3) is 2.38. The molecule has 0 spiro atoms. The van der Waals surface area contributed by atoms with Gasteiger partial charge in [0, 0.05) is 29.5 Å². The van der Waals surface area contributed by atoms with E-state index < -0.39 is 0 Å². The zero-order chi connectivity index (χ0) is 12.3. The van der Waals surface area contributed by atoms with Gasteiger partial charge in [0.05, 0.1) is 7.11 Å². The van der Waals surface area contributed by atoms with Crippen molar-refractivity contribution < 1.29 is 4.74 Å². The number of benzene rings is 1. The fraction of sp³-hybridized carbons (Fsp3) is 0.167. The molecule has 0 saturated heterocycles. The van der Waals surface area contributed by atoms with Crippen LogP contribution in [0.5, 0.6) is 5.88 Å². The van der Waals surface area contributed by atoms with Crippen molar-refractivity contribution in [3.63, 3.8) is 0 Å². The van der Waals surface area contributed by atoms with E-state index in [1.54, 1.807) is 25.6 Å². The molecule has 0 atom stereocenters. The summed E-state index contributed by atoms with van der Waals surface area (Å²) in [6.45, 7) is 0.385. The van der Waals surface area contributed by atoms with Gasteiger partial charge in [0.2, 0.25) is 5.88 Å².